The van der Waals surface area contributed by atoms with Crippen molar-refractivity contribution in [2.75, 3.05) is 39.9 Å². The summed E-state index contributed by atoms with van der Waals surface area (Å²) in [6.45, 7) is 2.34. The van der Waals surface area contributed by atoms with E-state index in [9.17, 15) is 4.79 Å². The summed E-state index contributed by atoms with van der Waals surface area (Å²) in [7, 11) is 6.34. The van der Waals surface area contributed by atoms with Crippen LogP contribution in [0.1, 0.15) is 36.1 Å². The van der Waals surface area contributed by atoms with E-state index in [1.807, 2.05) is 47.4 Å². The van der Waals surface area contributed by atoms with Crippen molar-refractivity contribution in [1.29, 1.82) is 0 Å². The maximum absolute atomic E-state index is 12.7. The largest absolute Gasteiger partial charge is 0.497 e. The van der Waals surface area contributed by atoms with Gasteiger partial charge in [-0.3, -0.25) is 4.79 Å². The topological polar surface area (TPSA) is 75.7 Å². The van der Waals surface area contributed by atoms with Crippen LogP contribution in [-0.4, -0.2) is 52.1 Å². The van der Waals surface area contributed by atoms with Crippen LogP contribution in [-0.2, 0) is 20.8 Å². The van der Waals surface area contributed by atoms with Crippen molar-refractivity contribution in [3.05, 3.63) is 76.3 Å². The second kappa shape index (κ2) is 13.2. The summed E-state index contributed by atoms with van der Waals surface area (Å²) in [5.74, 6) is 1.93. The Balaban J connectivity index is 1.90. The highest BCUT2D eigenvalue weighted by molar-refractivity contribution is 7.80. The third kappa shape index (κ3) is 6.11. The predicted octanol–water partition coefficient (Wildman–Crippen LogP) is 6.15. The molecule has 0 saturated heterocycles. The number of anilines is 1. The number of hydrogen-bond acceptors (Lipinski definition) is 8. The lowest BCUT2D eigenvalue weighted by Crippen LogP contribution is -2.39. The van der Waals surface area contributed by atoms with Gasteiger partial charge in [-0.15, -0.1) is 0 Å². The minimum atomic E-state index is -0.801. The minimum absolute atomic E-state index is 0.0760. The van der Waals surface area contributed by atoms with Crippen molar-refractivity contribution in [3.63, 3.8) is 0 Å². The Kier molecular flexibility index (Phi) is 9.73. The maximum atomic E-state index is 12.7. The van der Waals surface area contributed by atoms with Crippen LogP contribution >= 0.6 is 23.8 Å². The Labute approximate surface area is 244 Å². The highest BCUT2D eigenvalue weighted by Crippen LogP contribution is 2.46. The molecule has 0 amide bonds. The standard InChI is InChI=1S/C30H32ClNO7S/c1-6-38-27(33)16-26-30(40)32(17-18-10-12-20(34-2)15-25(18)36-4)23-13-11-19(31)14-22(23)28(39-26)21-8-7-9-24(35-3)29(21)37-5/h7-15,26,28H,6,16-17H2,1-5H3/t26-,28+/m1/s1. The van der Waals surface area contributed by atoms with Crippen molar-refractivity contribution < 1.29 is 33.2 Å². The van der Waals surface area contributed by atoms with Crippen molar-refractivity contribution >= 4 is 40.5 Å². The third-order valence-electron chi connectivity index (χ3n) is 6.60. The number of carbonyl (C=O) groups is 1. The van der Waals surface area contributed by atoms with Gasteiger partial charge >= 0.3 is 5.97 Å². The number of esters is 1. The van der Waals surface area contributed by atoms with Gasteiger partial charge in [0.2, 0.25) is 0 Å². The fourth-order valence-corrected chi connectivity index (χ4v) is 5.23. The smallest absolute Gasteiger partial charge is 0.308 e. The molecule has 10 heteroatoms. The average molecular weight is 586 g/mol. The van der Waals surface area contributed by atoms with Gasteiger partial charge in [0.1, 0.15) is 28.7 Å². The van der Waals surface area contributed by atoms with E-state index in [0.717, 1.165) is 16.8 Å². The van der Waals surface area contributed by atoms with Crippen molar-refractivity contribution in [3.8, 4) is 23.0 Å². The van der Waals surface area contributed by atoms with Crippen LogP contribution in [0, 0.1) is 0 Å². The molecule has 3 aromatic rings. The molecule has 0 aromatic heterocycles. The van der Waals surface area contributed by atoms with Crippen molar-refractivity contribution in [2.24, 2.45) is 0 Å². The molecule has 8 nitrogen and oxygen atoms in total. The van der Waals surface area contributed by atoms with Gasteiger partial charge in [0.05, 0.1) is 48.0 Å². The normalized spacial score (nSPS) is 16.6. The summed E-state index contributed by atoms with van der Waals surface area (Å²) in [5, 5.41) is 0.519. The zero-order chi connectivity index (χ0) is 28.8. The van der Waals surface area contributed by atoms with E-state index in [1.54, 1.807) is 47.5 Å². The summed E-state index contributed by atoms with van der Waals surface area (Å²) in [4.78, 5) is 15.1. The number of nitrogens with zero attached hydrogens (tertiary/aromatic N) is 1. The number of benzene rings is 3. The molecular weight excluding hydrogens is 554 g/mol. The Morgan fingerprint density at radius 3 is 2.40 bits per heavy atom. The van der Waals surface area contributed by atoms with Gasteiger partial charge in [-0.1, -0.05) is 36.0 Å². The predicted molar refractivity (Wildman–Crippen MR) is 157 cm³/mol. The molecule has 0 bridgehead atoms. The van der Waals surface area contributed by atoms with Gasteiger partial charge < -0.3 is 33.3 Å². The molecule has 0 unspecified atom stereocenters. The molecule has 0 saturated carbocycles. The lowest BCUT2D eigenvalue weighted by Gasteiger charge is -2.28. The van der Waals surface area contributed by atoms with Crippen LogP contribution in [0.5, 0.6) is 23.0 Å². The SMILES string of the molecule is CCOC(=O)C[C@H]1O[C@@H](c2cccc(OC)c2OC)c2cc(Cl)ccc2N(Cc2ccc(OC)cc2OC)C1=S. The summed E-state index contributed by atoms with van der Waals surface area (Å²) in [5.41, 5.74) is 3.08. The number of ether oxygens (including phenoxy) is 6. The van der Waals surface area contributed by atoms with Crippen LogP contribution in [0.3, 0.4) is 0 Å². The molecule has 1 heterocycles. The lowest BCUT2D eigenvalue weighted by atomic mass is 9.97. The van der Waals surface area contributed by atoms with Crippen LogP contribution in [0.15, 0.2) is 54.6 Å². The molecule has 0 spiro atoms. The number of fused-ring (bicyclic) bond motifs is 1. The Hall–Kier alpha value is -3.53. The van der Waals surface area contributed by atoms with E-state index in [4.69, 9.17) is 52.2 Å². The molecule has 0 N–H and O–H groups in total. The first kappa shape index (κ1) is 29.5. The van der Waals surface area contributed by atoms with Gasteiger partial charge in [-0.05, 0) is 43.3 Å². The Morgan fingerprint density at radius 1 is 0.950 bits per heavy atom. The van der Waals surface area contributed by atoms with Gasteiger partial charge in [-0.2, -0.15) is 0 Å². The average Bonchev–Trinajstić information content (AvgIpc) is 3.07. The lowest BCUT2D eigenvalue weighted by molar-refractivity contribution is -0.145. The molecule has 4 rings (SSSR count). The number of halogens is 1. The monoisotopic (exact) mass is 585 g/mol. The number of hydrogen-bond donors (Lipinski definition) is 0. The van der Waals surface area contributed by atoms with Crippen LogP contribution in [0.4, 0.5) is 5.69 Å². The van der Waals surface area contributed by atoms with Gasteiger partial charge in [0.15, 0.2) is 11.5 Å². The van der Waals surface area contributed by atoms with Gasteiger partial charge in [0.25, 0.3) is 0 Å². The number of thiocarbonyl (C=S) groups is 1. The fraction of sp³-hybridized carbons (Fsp3) is 0.333. The maximum Gasteiger partial charge on any atom is 0.308 e. The molecule has 0 fully saturated rings. The summed E-state index contributed by atoms with van der Waals surface area (Å²) in [6.07, 6.45) is -1.57. The van der Waals surface area contributed by atoms with Gasteiger partial charge in [0, 0.05) is 33.5 Å². The summed E-state index contributed by atoms with van der Waals surface area (Å²) in [6, 6.07) is 16.7. The third-order valence-corrected chi connectivity index (χ3v) is 7.32. The first-order valence-electron chi connectivity index (χ1n) is 12.7. The van der Waals surface area contributed by atoms with E-state index in [2.05, 4.69) is 0 Å². The zero-order valence-corrected chi connectivity index (χ0v) is 24.6. The van der Waals surface area contributed by atoms with E-state index in [1.165, 1.54) is 0 Å². The number of methoxy groups -OCH3 is 4. The van der Waals surface area contributed by atoms with Crippen molar-refractivity contribution in [2.45, 2.75) is 32.1 Å². The first-order valence-corrected chi connectivity index (χ1v) is 13.5. The molecular formula is C30H32ClNO7S. The molecule has 1 aliphatic rings. The molecule has 1 aliphatic heterocycles. The Morgan fingerprint density at radius 2 is 1.73 bits per heavy atom. The van der Waals surface area contributed by atoms with Gasteiger partial charge in [-0.25, -0.2) is 0 Å². The molecule has 3 aromatic carbocycles. The fourth-order valence-electron chi connectivity index (χ4n) is 4.75. The molecule has 212 valence electrons. The highest BCUT2D eigenvalue weighted by atomic mass is 35.5. The van der Waals surface area contributed by atoms with Crippen LogP contribution in [0.25, 0.3) is 0 Å². The zero-order valence-electron chi connectivity index (χ0n) is 23.1. The summed E-state index contributed by atoms with van der Waals surface area (Å²) < 4.78 is 34.3. The van der Waals surface area contributed by atoms with Crippen molar-refractivity contribution in [1.82, 2.24) is 0 Å². The Bertz CT molecular complexity index is 1380. The van der Waals surface area contributed by atoms with Crippen LogP contribution in [0.2, 0.25) is 5.02 Å². The minimum Gasteiger partial charge on any atom is -0.497 e. The first-order chi connectivity index (χ1) is 19.3. The highest BCUT2D eigenvalue weighted by Gasteiger charge is 2.37. The second-order valence-corrected chi connectivity index (χ2v) is 9.76. The van der Waals surface area contributed by atoms with E-state index >= 15 is 0 Å². The molecule has 0 radical (unpaired) electrons. The molecule has 2 atom stereocenters. The molecule has 40 heavy (non-hydrogen) atoms. The number of rotatable bonds is 10. The summed E-state index contributed by atoms with van der Waals surface area (Å²) >= 11 is 12.6. The second-order valence-electron chi connectivity index (χ2n) is 8.90. The number of carbonyl (C=O) groups excluding carboxylic acids is 1. The van der Waals surface area contributed by atoms with E-state index < -0.39 is 18.2 Å². The van der Waals surface area contributed by atoms with Crippen LogP contribution < -0.4 is 23.8 Å². The number of para-hydroxylation sites is 1. The molecule has 0 aliphatic carbocycles. The quantitative estimate of drug-likeness (QED) is 0.206. The van der Waals surface area contributed by atoms with E-state index in [0.29, 0.717) is 45.1 Å². The van der Waals surface area contributed by atoms with E-state index in [-0.39, 0.29) is 13.0 Å².